The summed E-state index contributed by atoms with van der Waals surface area (Å²) in [4.78, 5) is 23.2. The van der Waals surface area contributed by atoms with Gasteiger partial charge in [-0.25, -0.2) is 14.0 Å². The van der Waals surface area contributed by atoms with Gasteiger partial charge in [-0.1, -0.05) is 38.0 Å². The number of rotatable bonds is 12. The maximum Gasteiger partial charge on any atom is 0.350 e. The standard InChI is InChI=1S/C21H33N3O5/c1-2-14-23-20(28)17(12-8-3-4-9-13-19(26)27)24(21(23)29)22-15-18(25)16-10-6-5-7-11-16/h1,16,18,22,25,28H,3-15H2,(H,26,27). The summed E-state index contributed by atoms with van der Waals surface area (Å²) >= 11 is 0. The number of terminal acetylenes is 1. The van der Waals surface area contributed by atoms with Crippen LogP contribution in [0.25, 0.3) is 0 Å². The van der Waals surface area contributed by atoms with E-state index in [-0.39, 0.29) is 31.3 Å². The minimum Gasteiger partial charge on any atom is -0.493 e. The summed E-state index contributed by atoms with van der Waals surface area (Å²) in [5.74, 6) is 1.65. The Morgan fingerprint density at radius 2 is 1.90 bits per heavy atom. The van der Waals surface area contributed by atoms with Crippen molar-refractivity contribution in [3.63, 3.8) is 0 Å². The van der Waals surface area contributed by atoms with Crippen LogP contribution >= 0.6 is 0 Å². The molecule has 0 aliphatic heterocycles. The quantitative estimate of drug-likeness (QED) is 0.311. The Kier molecular flexibility index (Phi) is 9.13. The summed E-state index contributed by atoms with van der Waals surface area (Å²) in [5.41, 5.74) is 2.99. The zero-order chi connectivity index (χ0) is 21.2. The predicted octanol–water partition coefficient (Wildman–Crippen LogP) is 2.05. The fourth-order valence-corrected chi connectivity index (χ4v) is 4.00. The highest BCUT2D eigenvalue weighted by Crippen LogP contribution is 2.26. The molecule has 8 nitrogen and oxygen atoms in total. The molecule has 0 radical (unpaired) electrons. The number of aromatic nitrogens is 2. The average Bonchev–Trinajstić information content (AvgIpc) is 2.93. The smallest absolute Gasteiger partial charge is 0.350 e. The molecular formula is C21H33N3O5. The number of carboxylic acids is 1. The van der Waals surface area contributed by atoms with Gasteiger partial charge in [-0.15, -0.1) is 6.42 Å². The van der Waals surface area contributed by atoms with E-state index in [0.717, 1.165) is 43.1 Å². The summed E-state index contributed by atoms with van der Waals surface area (Å²) in [7, 11) is 0. The van der Waals surface area contributed by atoms with Crippen molar-refractivity contribution in [1.29, 1.82) is 0 Å². The maximum atomic E-state index is 12.7. The Bertz CT molecular complexity index is 756. The molecule has 2 rings (SSSR count). The van der Waals surface area contributed by atoms with Crippen LogP contribution in [0.2, 0.25) is 0 Å². The Hall–Kier alpha value is -2.40. The predicted molar refractivity (Wildman–Crippen MR) is 110 cm³/mol. The van der Waals surface area contributed by atoms with Crippen molar-refractivity contribution in [3.8, 4) is 18.2 Å². The van der Waals surface area contributed by atoms with Crippen LogP contribution in [0, 0.1) is 18.3 Å². The molecule has 1 heterocycles. The van der Waals surface area contributed by atoms with Gasteiger partial charge in [0.1, 0.15) is 5.69 Å². The largest absolute Gasteiger partial charge is 0.493 e. The number of hydrogen-bond donors (Lipinski definition) is 4. The fourth-order valence-electron chi connectivity index (χ4n) is 4.00. The topological polar surface area (TPSA) is 117 Å². The van der Waals surface area contributed by atoms with Crippen molar-refractivity contribution in [2.24, 2.45) is 5.92 Å². The summed E-state index contributed by atoms with van der Waals surface area (Å²) in [6.45, 7) is 0.200. The second kappa shape index (κ2) is 11.6. The van der Waals surface area contributed by atoms with Gasteiger partial charge in [0, 0.05) is 6.42 Å². The van der Waals surface area contributed by atoms with Gasteiger partial charge >= 0.3 is 11.7 Å². The number of hydrogen-bond acceptors (Lipinski definition) is 5. The molecule has 1 fully saturated rings. The van der Waals surface area contributed by atoms with Crippen LogP contribution in [0.15, 0.2) is 4.79 Å². The van der Waals surface area contributed by atoms with Gasteiger partial charge < -0.3 is 20.7 Å². The molecule has 0 bridgehead atoms. The van der Waals surface area contributed by atoms with Gasteiger partial charge in [0.2, 0.25) is 5.88 Å². The van der Waals surface area contributed by atoms with Crippen LogP contribution in [-0.4, -0.2) is 43.2 Å². The molecule has 0 aromatic carbocycles. The second-order valence-corrected chi connectivity index (χ2v) is 7.81. The minimum absolute atomic E-state index is 0.0316. The molecular weight excluding hydrogens is 374 g/mol. The Labute approximate surface area is 171 Å². The third-order valence-electron chi connectivity index (χ3n) is 5.66. The van der Waals surface area contributed by atoms with E-state index in [9.17, 15) is 19.8 Å². The first-order valence-corrected chi connectivity index (χ1v) is 10.6. The van der Waals surface area contributed by atoms with Crippen molar-refractivity contribution >= 4 is 5.97 Å². The van der Waals surface area contributed by atoms with Crippen LogP contribution in [0.5, 0.6) is 5.88 Å². The number of nitrogens with one attached hydrogen (secondary N) is 1. The van der Waals surface area contributed by atoms with Crippen LogP contribution in [-0.2, 0) is 17.8 Å². The molecule has 0 amide bonds. The number of aliphatic carboxylic acids is 1. The lowest BCUT2D eigenvalue weighted by molar-refractivity contribution is -0.137. The van der Waals surface area contributed by atoms with Gasteiger partial charge in [0.25, 0.3) is 0 Å². The van der Waals surface area contributed by atoms with Crippen molar-refractivity contribution in [3.05, 3.63) is 16.2 Å². The number of aromatic hydroxyl groups is 1. The number of nitrogens with zero attached hydrogens (tertiary/aromatic N) is 2. The summed E-state index contributed by atoms with van der Waals surface area (Å²) in [6.07, 6.45) is 13.7. The van der Waals surface area contributed by atoms with E-state index in [1.165, 1.54) is 11.1 Å². The SMILES string of the molecule is C#CCn1c(O)c(CCCCCCC(=O)O)n(NCC(O)C2CCCCC2)c1=O. The molecule has 29 heavy (non-hydrogen) atoms. The zero-order valence-electron chi connectivity index (χ0n) is 17.0. The molecule has 1 saturated carbocycles. The molecule has 1 aromatic heterocycles. The molecule has 0 saturated heterocycles. The summed E-state index contributed by atoms with van der Waals surface area (Å²) < 4.78 is 2.44. The van der Waals surface area contributed by atoms with Crippen LogP contribution < -0.4 is 11.1 Å². The van der Waals surface area contributed by atoms with E-state index in [0.29, 0.717) is 25.0 Å². The van der Waals surface area contributed by atoms with Crippen molar-refractivity contribution in [2.45, 2.75) is 83.3 Å². The van der Waals surface area contributed by atoms with Crippen LogP contribution in [0.1, 0.15) is 69.9 Å². The lowest BCUT2D eigenvalue weighted by Gasteiger charge is -2.27. The van der Waals surface area contributed by atoms with Gasteiger partial charge in [0.15, 0.2) is 0 Å². The average molecular weight is 408 g/mol. The highest BCUT2D eigenvalue weighted by atomic mass is 16.4. The highest BCUT2D eigenvalue weighted by molar-refractivity contribution is 5.66. The van der Waals surface area contributed by atoms with Crippen molar-refractivity contribution in [2.75, 3.05) is 12.0 Å². The van der Waals surface area contributed by atoms with E-state index in [2.05, 4.69) is 11.3 Å². The summed E-state index contributed by atoms with van der Waals surface area (Å²) in [5, 5.41) is 29.6. The first-order valence-electron chi connectivity index (χ1n) is 10.6. The first kappa shape index (κ1) is 22.9. The van der Waals surface area contributed by atoms with Gasteiger partial charge in [-0.2, -0.15) is 0 Å². The number of aliphatic hydroxyl groups excluding tert-OH is 1. The third kappa shape index (κ3) is 6.57. The maximum absolute atomic E-state index is 12.7. The minimum atomic E-state index is -0.802. The Morgan fingerprint density at radius 1 is 1.21 bits per heavy atom. The number of carboxylic acid groups (broad SMARTS) is 1. The van der Waals surface area contributed by atoms with E-state index >= 15 is 0 Å². The highest BCUT2D eigenvalue weighted by Gasteiger charge is 2.23. The molecule has 1 unspecified atom stereocenters. The molecule has 162 valence electrons. The van der Waals surface area contributed by atoms with E-state index in [4.69, 9.17) is 11.5 Å². The number of aliphatic hydroxyl groups is 1. The number of unbranched alkanes of at least 4 members (excludes halogenated alkanes) is 3. The lowest BCUT2D eigenvalue weighted by Crippen LogP contribution is -2.38. The Balaban J connectivity index is 2.00. The van der Waals surface area contributed by atoms with E-state index < -0.39 is 17.8 Å². The van der Waals surface area contributed by atoms with E-state index in [1.807, 2.05) is 0 Å². The lowest BCUT2D eigenvalue weighted by atomic mass is 9.85. The molecule has 1 atom stereocenters. The molecule has 1 aliphatic carbocycles. The monoisotopic (exact) mass is 407 g/mol. The van der Waals surface area contributed by atoms with Crippen molar-refractivity contribution in [1.82, 2.24) is 9.24 Å². The molecule has 0 spiro atoms. The summed E-state index contributed by atoms with van der Waals surface area (Å²) in [6, 6.07) is 0. The molecule has 4 N–H and O–H groups in total. The third-order valence-corrected chi connectivity index (χ3v) is 5.66. The molecule has 1 aliphatic rings. The zero-order valence-corrected chi connectivity index (χ0v) is 17.0. The second-order valence-electron chi connectivity index (χ2n) is 7.81. The Morgan fingerprint density at radius 3 is 2.55 bits per heavy atom. The number of imidazole rings is 1. The molecule has 8 heteroatoms. The van der Waals surface area contributed by atoms with Gasteiger partial charge in [-0.3, -0.25) is 4.79 Å². The first-order chi connectivity index (χ1) is 14.0. The number of carbonyl (C=O) groups is 1. The van der Waals surface area contributed by atoms with Crippen LogP contribution in [0.3, 0.4) is 0 Å². The van der Waals surface area contributed by atoms with Crippen LogP contribution in [0.4, 0.5) is 0 Å². The normalized spacial score (nSPS) is 15.7. The van der Waals surface area contributed by atoms with E-state index in [1.54, 1.807) is 0 Å². The van der Waals surface area contributed by atoms with Crippen molar-refractivity contribution < 1.29 is 20.1 Å². The van der Waals surface area contributed by atoms with Gasteiger partial charge in [0.05, 0.1) is 19.2 Å². The molecule has 1 aromatic rings. The fraction of sp³-hybridized carbons (Fsp3) is 0.714. The van der Waals surface area contributed by atoms with Gasteiger partial charge in [-0.05, 0) is 38.0 Å².